The lowest BCUT2D eigenvalue weighted by Crippen LogP contribution is -2.32. The molecule has 0 heterocycles. The van der Waals surface area contributed by atoms with Crippen LogP contribution in [-0.2, 0) is 4.79 Å². The summed E-state index contributed by atoms with van der Waals surface area (Å²) in [7, 11) is 0. The fourth-order valence-corrected chi connectivity index (χ4v) is 6.25. The highest BCUT2D eigenvalue weighted by atomic mass is 127. The maximum Gasteiger partial charge on any atom is 0.337 e. The molecule has 0 aliphatic heterocycles. The van der Waals surface area contributed by atoms with Crippen LogP contribution in [0.1, 0.15) is 20.7 Å². The predicted octanol–water partition coefficient (Wildman–Crippen LogP) is 0.460. The summed E-state index contributed by atoms with van der Waals surface area (Å²) >= 11 is 5.32. The van der Waals surface area contributed by atoms with Crippen molar-refractivity contribution in [3.05, 3.63) is 21.8 Å². The first-order valence-corrected chi connectivity index (χ1v) is 10.3. The fourth-order valence-electron chi connectivity index (χ4n) is 1.87. The molecule has 0 bridgehead atoms. The minimum atomic E-state index is -1.28. The van der Waals surface area contributed by atoms with Crippen molar-refractivity contribution in [2.75, 3.05) is 31.7 Å². The van der Waals surface area contributed by atoms with Gasteiger partial charge in [0.05, 0.1) is 49.7 Å². The van der Waals surface area contributed by atoms with Gasteiger partial charge in [-0.3, -0.25) is 9.59 Å². The zero-order valence-corrected chi connectivity index (χ0v) is 19.5. The zero-order valence-electron chi connectivity index (χ0n) is 13.1. The summed E-state index contributed by atoms with van der Waals surface area (Å²) in [5.74, 6) is -3.66. The minimum Gasteiger partial charge on any atom is -0.478 e. The van der Waals surface area contributed by atoms with Gasteiger partial charge < -0.3 is 31.1 Å². The number of carboxylic acids is 1. The van der Waals surface area contributed by atoms with Crippen molar-refractivity contribution in [2.24, 2.45) is 5.92 Å². The lowest BCUT2D eigenvalue weighted by molar-refractivity contribution is -0.122. The summed E-state index contributed by atoms with van der Waals surface area (Å²) in [6.45, 7) is -1.48. The standard InChI is InChI=1S/C14H15I3N2O7/c15-8-6(13(24)18-1-2-20)9(16)11(10(17)7(8)14(25)26)19-12(23)5(3-21)4-22/h5,20-22H,1-4H2,(H,18,24)(H,19,23)(H,25,26). The summed E-state index contributed by atoms with van der Waals surface area (Å²) in [5.41, 5.74) is 0.00740. The summed E-state index contributed by atoms with van der Waals surface area (Å²) in [6, 6.07) is 0. The summed E-state index contributed by atoms with van der Waals surface area (Å²) in [6.07, 6.45) is 0. The topological polar surface area (TPSA) is 156 Å². The van der Waals surface area contributed by atoms with Crippen LogP contribution >= 0.6 is 67.8 Å². The normalized spacial score (nSPS) is 10.7. The predicted molar refractivity (Wildman–Crippen MR) is 117 cm³/mol. The second-order valence-corrected chi connectivity index (χ2v) is 8.14. The average Bonchev–Trinajstić information content (AvgIpc) is 2.57. The number of carbonyl (C=O) groups excluding carboxylic acids is 2. The van der Waals surface area contributed by atoms with Crippen molar-refractivity contribution >= 4 is 91.2 Å². The highest BCUT2D eigenvalue weighted by Crippen LogP contribution is 2.36. The molecule has 0 radical (unpaired) electrons. The highest BCUT2D eigenvalue weighted by molar-refractivity contribution is 14.1. The van der Waals surface area contributed by atoms with E-state index in [-0.39, 0.29) is 37.1 Å². The van der Waals surface area contributed by atoms with Gasteiger partial charge in [0.15, 0.2) is 0 Å². The minimum absolute atomic E-state index is 0.0157. The first-order valence-electron chi connectivity index (χ1n) is 7.06. The maximum absolute atomic E-state index is 12.4. The number of hydrogen-bond acceptors (Lipinski definition) is 6. The average molecular weight is 704 g/mol. The number of hydrogen-bond donors (Lipinski definition) is 6. The lowest BCUT2D eigenvalue weighted by atomic mass is 10.1. The van der Waals surface area contributed by atoms with Crippen LogP contribution in [0.25, 0.3) is 0 Å². The van der Waals surface area contributed by atoms with Crippen molar-refractivity contribution in [1.29, 1.82) is 0 Å². The number of carbonyl (C=O) groups is 3. The molecule has 0 atom stereocenters. The monoisotopic (exact) mass is 704 g/mol. The Hall–Kier alpha value is -0.300. The molecule has 9 nitrogen and oxygen atoms in total. The molecule has 0 saturated carbocycles. The van der Waals surface area contributed by atoms with Crippen LogP contribution in [0.2, 0.25) is 0 Å². The first-order chi connectivity index (χ1) is 12.2. The Morgan fingerprint density at radius 3 is 1.92 bits per heavy atom. The third kappa shape index (κ3) is 5.37. The van der Waals surface area contributed by atoms with E-state index in [1.807, 2.05) is 22.6 Å². The van der Waals surface area contributed by atoms with Crippen LogP contribution in [-0.4, -0.2) is 64.6 Å². The van der Waals surface area contributed by atoms with E-state index in [4.69, 9.17) is 15.3 Å². The molecule has 6 N–H and O–H groups in total. The number of carboxylic acid groups (broad SMARTS) is 1. The molecule has 0 fully saturated rings. The van der Waals surface area contributed by atoms with E-state index < -0.39 is 36.9 Å². The van der Waals surface area contributed by atoms with Crippen LogP contribution in [0.4, 0.5) is 5.69 Å². The largest absolute Gasteiger partial charge is 0.478 e. The number of anilines is 1. The first kappa shape index (κ1) is 23.7. The summed E-state index contributed by atoms with van der Waals surface area (Å²) in [4.78, 5) is 36.2. The number of nitrogens with one attached hydrogen (secondary N) is 2. The van der Waals surface area contributed by atoms with E-state index in [0.29, 0.717) is 3.57 Å². The van der Waals surface area contributed by atoms with Gasteiger partial charge >= 0.3 is 5.97 Å². The summed E-state index contributed by atoms with van der Waals surface area (Å²) < 4.78 is 0.712. The maximum atomic E-state index is 12.4. The SMILES string of the molecule is O=C(O)c1c(I)c(NC(=O)C(CO)CO)c(I)c(C(=O)NCCO)c1I. The second kappa shape index (κ2) is 10.9. The van der Waals surface area contributed by atoms with Crippen LogP contribution in [0.5, 0.6) is 0 Å². The molecule has 0 unspecified atom stereocenters. The third-order valence-corrected chi connectivity index (χ3v) is 6.45. The van der Waals surface area contributed by atoms with E-state index in [1.54, 1.807) is 45.2 Å². The zero-order chi connectivity index (χ0) is 20.0. The van der Waals surface area contributed by atoms with Gasteiger partial charge in [-0.25, -0.2) is 4.79 Å². The Bertz CT molecular complexity index is 723. The molecule has 0 aromatic heterocycles. The van der Waals surface area contributed by atoms with E-state index in [0.717, 1.165) is 0 Å². The van der Waals surface area contributed by atoms with Crippen LogP contribution < -0.4 is 10.6 Å². The van der Waals surface area contributed by atoms with E-state index >= 15 is 0 Å². The number of aromatic carboxylic acids is 1. The highest BCUT2D eigenvalue weighted by Gasteiger charge is 2.29. The number of amides is 2. The van der Waals surface area contributed by atoms with Gasteiger partial charge in [-0.2, -0.15) is 0 Å². The number of benzene rings is 1. The van der Waals surface area contributed by atoms with E-state index in [9.17, 15) is 19.5 Å². The number of halogens is 3. The quantitative estimate of drug-likeness (QED) is 0.215. The molecule has 0 saturated heterocycles. The molecule has 26 heavy (non-hydrogen) atoms. The molecule has 0 spiro atoms. The molecule has 1 rings (SSSR count). The smallest absolute Gasteiger partial charge is 0.337 e. The molecule has 0 aliphatic rings. The van der Waals surface area contributed by atoms with E-state index in [1.165, 1.54) is 0 Å². The van der Waals surface area contributed by atoms with Crippen molar-refractivity contribution in [2.45, 2.75) is 0 Å². The van der Waals surface area contributed by atoms with E-state index in [2.05, 4.69) is 10.6 Å². The second-order valence-electron chi connectivity index (χ2n) is 4.90. The van der Waals surface area contributed by atoms with Crippen LogP contribution in [0.3, 0.4) is 0 Å². The van der Waals surface area contributed by atoms with Crippen molar-refractivity contribution < 1.29 is 34.8 Å². The van der Waals surface area contributed by atoms with Gasteiger partial charge in [-0.15, -0.1) is 0 Å². The Kier molecular flexibility index (Phi) is 9.94. The number of aliphatic hydroxyl groups excluding tert-OH is 3. The number of aliphatic hydroxyl groups is 3. The van der Waals surface area contributed by atoms with Crippen LogP contribution in [0.15, 0.2) is 0 Å². The molecule has 2 amide bonds. The van der Waals surface area contributed by atoms with Gasteiger partial charge in [-0.1, -0.05) is 0 Å². The Labute approximate surface area is 189 Å². The van der Waals surface area contributed by atoms with Gasteiger partial charge in [0.2, 0.25) is 5.91 Å². The molecule has 1 aromatic carbocycles. The van der Waals surface area contributed by atoms with Crippen molar-refractivity contribution in [3.63, 3.8) is 0 Å². The summed E-state index contributed by atoms with van der Waals surface area (Å²) in [5, 5.41) is 41.6. The third-order valence-electron chi connectivity index (χ3n) is 3.21. The fraction of sp³-hybridized carbons (Fsp3) is 0.357. The van der Waals surface area contributed by atoms with Gasteiger partial charge in [0.25, 0.3) is 5.91 Å². The molecular formula is C14H15I3N2O7. The molecule has 12 heteroatoms. The Morgan fingerprint density at radius 2 is 1.46 bits per heavy atom. The lowest BCUT2D eigenvalue weighted by Gasteiger charge is -2.19. The Morgan fingerprint density at radius 1 is 0.923 bits per heavy atom. The van der Waals surface area contributed by atoms with Crippen LogP contribution in [0, 0.1) is 16.6 Å². The Balaban J connectivity index is 3.54. The van der Waals surface area contributed by atoms with Gasteiger partial charge in [-0.05, 0) is 67.8 Å². The van der Waals surface area contributed by atoms with Crippen molar-refractivity contribution in [3.8, 4) is 0 Å². The van der Waals surface area contributed by atoms with Gasteiger partial charge in [0, 0.05) is 10.1 Å². The number of rotatable bonds is 8. The van der Waals surface area contributed by atoms with Crippen molar-refractivity contribution in [1.82, 2.24) is 5.32 Å². The van der Waals surface area contributed by atoms with Gasteiger partial charge in [0.1, 0.15) is 0 Å². The molecular weight excluding hydrogens is 689 g/mol. The molecule has 0 aliphatic carbocycles. The molecule has 1 aromatic rings. The molecule has 144 valence electrons.